The Morgan fingerprint density at radius 3 is 2.11 bits per heavy atom. The third-order valence-corrected chi connectivity index (χ3v) is 4.99. The average Bonchev–Trinajstić information content (AvgIpc) is 2.63. The molecule has 2 aromatic rings. The first-order chi connectivity index (χ1) is 13.2. The van der Waals surface area contributed by atoms with Gasteiger partial charge in [-0.15, -0.1) is 0 Å². The number of carbonyl (C=O) groups is 2. The Morgan fingerprint density at radius 2 is 1.50 bits per heavy atom. The Hall–Kier alpha value is -3.07. The van der Waals surface area contributed by atoms with Gasteiger partial charge in [-0.25, -0.2) is 8.42 Å². The molecule has 2 amide bonds. The number of hydrogen-bond acceptors (Lipinski definition) is 5. The van der Waals surface area contributed by atoms with Crippen molar-refractivity contribution in [1.82, 2.24) is 10.9 Å². The van der Waals surface area contributed by atoms with Crippen molar-refractivity contribution in [2.24, 2.45) is 0 Å². The van der Waals surface area contributed by atoms with Gasteiger partial charge in [-0.1, -0.05) is 36.4 Å². The molecule has 0 aromatic heterocycles. The van der Waals surface area contributed by atoms with Crippen LogP contribution in [0.2, 0.25) is 0 Å². The standard InChI is InChI=1S/C19H23N3O5S/c1-14-8-4-6-10-16(14)22(28(3,25)26)12-18(23)20-21-19(24)13-27-17-11-7-5-9-15(17)2/h4-11H,12-13H2,1-3H3,(H,20,23)(H,21,24). The molecule has 0 aliphatic heterocycles. The summed E-state index contributed by atoms with van der Waals surface area (Å²) < 4.78 is 30.5. The van der Waals surface area contributed by atoms with Crippen LogP contribution in [-0.2, 0) is 19.6 Å². The number of nitrogens with one attached hydrogen (secondary N) is 2. The first-order valence-corrected chi connectivity index (χ1v) is 10.3. The van der Waals surface area contributed by atoms with E-state index in [1.54, 1.807) is 43.3 Å². The zero-order valence-corrected chi connectivity index (χ0v) is 16.7. The molecule has 150 valence electrons. The molecule has 8 nitrogen and oxygen atoms in total. The van der Waals surface area contributed by atoms with Crippen LogP contribution < -0.4 is 19.9 Å². The van der Waals surface area contributed by atoms with Crippen LogP contribution in [0, 0.1) is 13.8 Å². The largest absolute Gasteiger partial charge is 0.483 e. The topological polar surface area (TPSA) is 105 Å². The maximum atomic E-state index is 12.1. The van der Waals surface area contributed by atoms with Gasteiger partial charge in [-0.05, 0) is 37.1 Å². The highest BCUT2D eigenvalue weighted by molar-refractivity contribution is 7.92. The summed E-state index contributed by atoms with van der Waals surface area (Å²) in [5, 5.41) is 0. The summed E-state index contributed by atoms with van der Waals surface area (Å²) in [5.41, 5.74) is 6.39. The maximum Gasteiger partial charge on any atom is 0.276 e. The Labute approximate surface area is 164 Å². The predicted molar refractivity (Wildman–Crippen MR) is 106 cm³/mol. The van der Waals surface area contributed by atoms with Crippen molar-refractivity contribution < 1.29 is 22.7 Å². The monoisotopic (exact) mass is 405 g/mol. The lowest BCUT2D eigenvalue weighted by Crippen LogP contribution is -2.49. The lowest BCUT2D eigenvalue weighted by atomic mass is 10.2. The molecular formula is C19H23N3O5S. The number of carbonyl (C=O) groups excluding carboxylic acids is 2. The van der Waals surface area contributed by atoms with Crippen LogP contribution in [0.5, 0.6) is 5.75 Å². The van der Waals surface area contributed by atoms with E-state index in [1.807, 2.05) is 19.1 Å². The number of ether oxygens (including phenoxy) is 1. The van der Waals surface area contributed by atoms with Crippen LogP contribution in [-0.4, -0.2) is 39.6 Å². The van der Waals surface area contributed by atoms with E-state index in [2.05, 4.69) is 10.9 Å². The Morgan fingerprint density at radius 1 is 0.929 bits per heavy atom. The second kappa shape index (κ2) is 9.23. The molecule has 0 saturated carbocycles. The number of amides is 2. The molecule has 0 spiro atoms. The van der Waals surface area contributed by atoms with E-state index in [9.17, 15) is 18.0 Å². The molecule has 0 aliphatic carbocycles. The minimum Gasteiger partial charge on any atom is -0.483 e. The van der Waals surface area contributed by atoms with Crippen molar-refractivity contribution >= 4 is 27.5 Å². The lowest BCUT2D eigenvalue weighted by molar-refractivity contribution is -0.129. The van der Waals surface area contributed by atoms with Crippen LogP contribution in [0.3, 0.4) is 0 Å². The highest BCUT2D eigenvalue weighted by Gasteiger charge is 2.22. The minimum absolute atomic E-state index is 0.293. The van der Waals surface area contributed by atoms with E-state index in [-0.39, 0.29) is 6.61 Å². The van der Waals surface area contributed by atoms with E-state index < -0.39 is 28.4 Å². The van der Waals surface area contributed by atoms with Crippen molar-refractivity contribution in [3.8, 4) is 5.75 Å². The molecule has 28 heavy (non-hydrogen) atoms. The summed E-state index contributed by atoms with van der Waals surface area (Å²) in [7, 11) is -3.69. The molecule has 0 saturated heterocycles. The fourth-order valence-electron chi connectivity index (χ4n) is 2.43. The Kier molecular flexibility index (Phi) is 7.00. The maximum absolute atomic E-state index is 12.1. The number of aryl methyl sites for hydroxylation is 2. The number of anilines is 1. The van der Waals surface area contributed by atoms with Gasteiger partial charge in [0.25, 0.3) is 11.8 Å². The first kappa shape index (κ1) is 21.2. The third-order valence-electron chi connectivity index (χ3n) is 3.87. The van der Waals surface area contributed by atoms with Crippen molar-refractivity contribution in [2.75, 3.05) is 23.7 Å². The molecule has 2 aromatic carbocycles. The quantitative estimate of drug-likeness (QED) is 0.676. The number of benzene rings is 2. The zero-order chi connectivity index (χ0) is 20.7. The molecule has 0 bridgehead atoms. The second-order valence-electron chi connectivity index (χ2n) is 6.21. The summed E-state index contributed by atoms with van der Waals surface area (Å²) >= 11 is 0. The molecular weight excluding hydrogens is 382 g/mol. The van der Waals surface area contributed by atoms with Gasteiger partial charge in [-0.3, -0.25) is 24.7 Å². The summed E-state index contributed by atoms with van der Waals surface area (Å²) in [4.78, 5) is 24.0. The van der Waals surface area contributed by atoms with Crippen molar-refractivity contribution in [2.45, 2.75) is 13.8 Å². The zero-order valence-electron chi connectivity index (χ0n) is 15.9. The first-order valence-electron chi connectivity index (χ1n) is 8.48. The fourth-order valence-corrected chi connectivity index (χ4v) is 3.35. The number of para-hydroxylation sites is 2. The van der Waals surface area contributed by atoms with Crippen LogP contribution in [0.1, 0.15) is 11.1 Å². The van der Waals surface area contributed by atoms with Gasteiger partial charge in [-0.2, -0.15) is 0 Å². The molecule has 0 unspecified atom stereocenters. The molecule has 0 heterocycles. The van der Waals surface area contributed by atoms with Gasteiger partial charge >= 0.3 is 0 Å². The second-order valence-corrected chi connectivity index (χ2v) is 8.11. The SMILES string of the molecule is Cc1ccccc1OCC(=O)NNC(=O)CN(c1ccccc1C)S(C)(=O)=O. The molecule has 2 rings (SSSR count). The van der Waals surface area contributed by atoms with Gasteiger partial charge in [0.1, 0.15) is 12.3 Å². The van der Waals surface area contributed by atoms with E-state index >= 15 is 0 Å². The average molecular weight is 405 g/mol. The number of hydrogen-bond donors (Lipinski definition) is 2. The van der Waals surface area contributed by atoms with Gasteiger partial charge in [0.05, 0.1) is 11.9 Å². The van der Waals surface area contributed by atoms with Crippen LogP contribution in [0.25, 0.3) is 0 Å². The minimum atomic E-state index is -3.69. The Bertz CT molecular complexity index is 960. The van der Waals surface area contributed by atoms with E-state index in [4.69, 9.17) is 4.74 Å². The van der Waals surface area contributed by atoms with Crippen molar-refractivity contribution in [3.05, 3.63) is 59.7 Å². The highest BCUT2D eigenvalue weighted by Crippen LogP contribution is 2.21. The van der Waals surface area contributed by atoms with Crippen LogP contribution in [0.15, 0.2) is 48.5 Å². The predicted octanol–water partition coefficient (Wildman–Crippen LogP) is 1.30. The molecule has 0 atom stereocenters. The van der Waals surface area contributed by atoms with E-state index in [0.717, 1.165) is 16.1 Å². The summed E-state index contributed by atoms with van der Waals surface area (Å²) in [5.74, 6) is -0.692. The smallest absolute Gasteiger partial charge is 0.276 e. The number of nitrogens with zero attached hydrogens (tertiary/aromatic N) is 1. The fraction of sp³-hybridized carbons (Fsp3) is 0.263. The molecule has 9 heteroatoms. The normalized spacial score (nSPS) is 10.8. The highest BCUT2D eigenvalue weighted by atomic mass is 32.2. The summed E-state index contributed by atoms with van der Waals surface area (Å²) in [6.07, 6.45) is 1.02. The molecule has 0 aliphatic rings. The van der Waals surface area contributed by atoms with E-state index in [0.29, 0.717) is 17.0 Å². The van der Waals surface area contributed by atoms with Gasteiger partial charge < -0.3 is 4.74 Å². The number of rotatable bonds is 7. The molecule has 2 N–H and O–H groups in total. The summed E-state index contributed by atoms with van der Waals surface area (Å²) in [6.45, 7) is 2.83. The van der Waals surface area contributed by atoms with Crippen molar-refractivity contribution in [3.63, 3.8) is 0 Å². The van der Waals surface area contributed by atoms with Gasteiger partial charge in [0, 0.05) is 0 Å². The lowest BCUT2D eigenvalue weighted by Gasteiger charge is -2.23. The van der Waals surface area contributed by atoms with Gasteiger partial charge in [0.2, 0.25) is 10.0 Å². The molecule has 0 radical (unpaired) electrons. The van der Waals surface area contributed by atoms with Crippen LogP contribution in [0.4, 0.5) is 5.69 Å². The number of sulfonamides is 1. The number of hydrazine groups is 1. The molecule has 0 fully saturated rings. The van der Waals surface area contributed by atoms with Crippen LogP contribution >= 0.6 is 0 Å². The van der Waals surface area contributed by atoms with Crippen molar-refractivity contribution in [1.29, 1.82) is 0 Å². The Balaban J connectivity index is 1.92. The summed E-state index contributed by atoms with van der Waals surface area (Å²) in [6, 6.07) is 14.0. The van der Waals surface area contributed by atoms with Gasteiger partial charge in [0.15, 0.2) is 6.61 Å². The third kappa shape index (κ3) is 5.98. The van der Waals surface area contributed by atoms with E-state index in [1.165, 1.54) is 0 Å².